The van der Waals surface area contributed by atoms with Gasteiger partial charge in [-0.3, -0.25) is 0 Å². The van der Waals surface area contributed by atoms with Crippen molar-refractivity contribution in [2.45, 2.75) is 6.92 Å². The summed E-state index contributed by atoms with van der Waals surface area (Å²) < 4.78 is 0. The second kappa shape index (κ2) is 9.77. The number of pyridine rings is 1. The Bertz CT molecular complexity index is 947. The number of rotatable bonds is 5. The van der Waals surface area contributed by atoms with Crippen molar-refractivity contribution in [3.05, 3.63) is 35.0 Å². The fourth-order valence-electron chi connectivity index (χ4n) is 2.85. The summed E-state index contributed by atoms with van der Waals surface area (Å²) in [4.78, 5) is 20.4. The van der Waals surface area contributed by atoms with Crippen molar-refractivity contribution in [1.82, 2.24) is 15.3 Å². The maximum atomic E-state index is 9.17. The highest BCUT2D eigenvalue weighted by Crippen LogP contribution is 2.30. The van der Waals surface area contributed by atoms with Crippen molar-refractivity contribution in [3.63, 3.8) is 0 Å². The SMILES string of the molecule is C=N/C(=N\C(=C\C#N)c1sc(NC)nc1C)Nc1ccc(N2CCNCC2)cn1. The molecule has 0 radical (unpaired) electrons. The Balaban J connectivity index is 1.79. The van der Waals surface area contributed by atoms with Gasteiger partial charge in [0.2, 0.25) is 5.96 Å². The van der Waals surface area contributed by atoms with Crippen LogP contribution in [0.4, 0.5) is 16.6 Å². The molecule has 0 bridgehead atoms. The summed E-state index contributed by atoms with van der Waals surface area (Å²) in [6.07, 6.45) is 3.20. The Morgan fingerprint density at radius 2 is 2.21 bits per heavy atom. The van der Waals surface area contributed by atoms with Crippen LogP contribution in [0, 0.1) is 18.3 Å². The van der Waals surface area contributed by atoms with E-state index < -0.39 is 0 Å². The molecular formula is C19H23N9S. The Labute approximate surface area is 173 Å². The minimum absolute atomic E-state index is 0.257. The van der Waals surface area contributed by atoms with E-state index in [2.05, 4.69) is 47.5 Å². The topological polar surface area (TPSA) is 114 Å². The van der Waals surface area contributed by atoms with E-state index in [0.29, 0.717) is 11.5 Å². The van der Waals surface area contributed by atoms with Gasteiger partial charge >= 0.3 is 0 Å². The minimum Gasteiger partial charge on any atom is -0.368 e. The van der Waals surface area contributed by atoms with Crippen molar-refractivity contribution < 1.29 is 0 Å². The van der Waals surface area contributed by atoms with Crippen LogP contribution in [0.1, 0.15) is 10.6 Å². The molecule has 150 valence electrons. The van der Waals surface area contributed by atoms with Crippen LogP contribution in [0.25, 0.3) is 5.70 Å². The number of hydrogen-bond acceptors (Lipinski definition) is 8. The van der Waals surface area contributed by atoms with Crippen molar-refractivity contribution in [2.24, 2.45) is 9.98 Å². The lowest BCUT2D eigenvalue weighted by atomic mass is 10.3. The first-order chi connectivity index (χ1) is 14.1. The van der Waals surface area contributed by atoms with Gasteiger partial charge in [0.15, 0.2) is 5.13 Å². The van der Waals surface area contributed by atoms with Crippen LogP contribution < -0.4 is 20.9 Å². The third kappa shape index (κ3) is 5.16. The Hall–Kier alpha value is -3.29. The molecule has 1 aliphatic heterocycles. The first-order valence-electron chi connectivity index (χ1n) is 9.14. The number of piperazine rings is 1. The van der Waals surface area contributed by atoms with Gasteiger partial charge in [-0.2, -0.15) is 5.26 Å². The van der Waals surface area contributed by atoms with Crippen LogP contribution in [-0.4, -0.2) is 55.9 Å². The predicted molar refractivity (Wildman–Crippen MR) is 120 cm³/mol. The second-order valence-electron chi connectivity index (χ2n) is 6.20. The summed E-state index contributed by atoms with van der Waals surface area (Å²) in [6.45, 7) is 9.31. The number of anilines is 3. The van der Waals surface area contributed by atoms with Crippen LogP contribution in [0.5, 0.6) is 0 Å². The molecular weight excluding hydrogens is 386 g/mol. The molecule has 0 aromatic carbocycles. The lowest BCUT2D eigenvalue weighted by molar-refractivity contribution is 0.589. The van der Waals surface area contributed by atoms with Gasteiger partial charge in [0.25, 0.3) is 0 Å². The summed E-state index contributed by atoms with van der Waals surface area (Å²) >= 11 is 1.42. The first kappa shape index (κ1) is 20.4. The molecule has 2 aromatic heterocycles. The average molecular weight is 410 g/mol. The maximum absolute atomic E-state index is 9.17. The van der Waals surface area contributed by atoms with Crippen LogP contribution >= 0.6 is 11.3 Å². The van der Waals surface area contributed by atoms with Gasteiger partial charge in [0.05, 0.1) is 34.2 Å². The molecule has 9 nitrogen and oxygen atoms in total. The standard InChI is InChI=1S/C19H23N9S/c1-13-17(29-19(22-3)25-13)15(6-7-20)26-18(21-2)27-16-5-4-14(12-24-16)28-10-8-23-9-11-28/h4-6,12,23H,2,8-11H2,1,3H3,(H,22,25)(H,24,26,27)/b15-6+. The molecule has 1 fully saturated rings. The number of allylic oxidation sites excluding steroid dienone is 1. The molecule has 3 rings (SSSR count). The van der Waals surface area contributed by atoms with Gasteiger partial charge in [-0.05, 0) is 25.8 Å². The molecule has 0 saturated carbocycles. The first-order valence-corrected chi connectivity index (χ1v) is 9.95. The number of nitrogens with zero attached hydrogens (tertiary/aromatic N) is 6. The Kier molecular flexibility index (Phi) is 6.89. The molecule has 0 amide bonds. The Morgan fingerprint density at radius 1 is 1.41 bits per heavy atom. The third-order valence-electron chi connectivity index (χ3n) is 4.29. The minimum atomic E-state index is 0.257. The van der Waals surface area contributed by atoms with Crippen LogP contribution in [0.15, 0.2) is 34.4 Å². The second-order valence-corrected chi connectivity index (χ2v) is 7.20. The highest BCUT2D eigenvalue weighted by molar-refractivity contribution is 7.16. The summed E-state index contributed by atoms with van der Waals surface area (Å²) in [6, 6.07) is 5.92. The molecule has 2 aromatic rings. The van der Waals surface area contributed by atoms with E-state index >= 15 is 0 Å². The molecule has 10 heteroatoms. The van der Waals surface area contributed by atoms with E-state index in [4.69, 9.17) is 5.26 Å². The molecule has 3 N–H and O–H groups in total. The highest BCUT2D eigenvalue weighted by Gasteiger charge is 2.13. The van der Waals surface area contributed by atoms with Gasteiger partial charge in [-0.1, -0.05) is 11.3 Å². The number of aromatic nitrogens is 2. The van der Waals surface area contributed by atoms with E-state index in [1.54, 1.807) is 7.05 Å². The van der Waals surface area contributed by atoms with Gasteiger partial charge in [-0.25, -0.2) is 20.0 Å². The van der Waals surface area contributed by atoms with E-state index in [0.717, 1.165) is 47.6 Å². The quantitative estimate of drug-likeness (QED) is 0.394. The lowest BCUT2D eigenvalue weighted by Gasteiger charge is -2.29. The number of guanidine groups is 1. The van der Waals surface area contributed by atoms with Crippen molar-refractivity contribution in [3.8, 4) is 6.07 Å². The third-order valence-corrected chi connectivity index (χ3v) is 5.49. The highest BCUT2D eigenvalue weighted by atomic mass is 32.1. The van der Waals surface area contributed by atoms with Gasteiger partial charge in [0, 0.05) is 39.3 Å². The fraction of sp³-hybridized carbons (Fsp3) is 0.316. The number of aliphatic imine (C=N–C) groups is 2. The predicted octanol–water partition coefficient (Wildman–Crippen LogP) is 2.33. The Morgan fingerprint density at radius 3 is 2.79 bits per heavy atom. The van der Waals surface area contributed by atoms with Crippen LogP contribution in [-0.2, 0) is 0 Å². The van der Waals surface area contributed by atoms with Crippen LogP contribution in [0.2, 0.25) is 0 Å². The summed E-state index contributed by atoms with van der Waals surface area (Å²) in [5.41, 5.74) is 2.33. The van der Waals surface area contributed by atoms with Crippen LogP contribution in [0.3, 0.4) is 0 Å². The van der Waals surface area contributed by atoms with Gasteiger partial charge in [-0.15, -0.1) is 0 Å². The number of hydrogen-bond donors (Lipinski definition) is 3. The normalized spacial score (nSPS) is 15.0. The zero-order chi connectivity index (χ0) is 20.6. The molecule has 0 spiro atoms. The summed E-state index contributed by atoms with van der Waals surface area (Å²) in [5, 5.41) is 19.3. The van der Waals surface area contributed by atoms with E-state index in [9.17, 15) is 0 Å². The van der Waals surface area contributed by atoms with Crippen molar-refractivity contribution in [2.75, 3.05) is 48.8 Å². The largest absolute Gasteiger partial charge is 0.368 e. The number of nitriles is 1. The van der Waals surface area contributed by atoms with E-state index in [1.807, 2.05) is 31.3 Å². The summed E-state index contributed by atoms with van der Waals surface area (Å²) in [7, 11) is 1.80. The van der Waals surface area contributed by atoms with E-state index in [1.165, 1.54) is 17.4 Å². The van der Waals surface area contributed by atoms with E-state index in [-0.39, 0.29) is 5.96 Å². The molecule has 0 aliphatic carbocycles. The van der Waals surface area contributed by atoms with Gasteiger partial charge < -0.3 is 20.9 Å². The molecule has 0 atom stereocenters. The summed E-state index contributed by atoms with van der Waals surface area (Å²) in [5.74, 6) is 0.857. The van der Waals surface area contributed by atoms with Crippen molar-refractivity contribution >= 4 is 46.3 Å². The zero-order valence-corrected chi connectivity index (χ0v) is 17.3. The van der Waals surface area contributed by atoms with Gasteiger partial charge in [0.1, 0.15) is 5.82 Å². The number of nitrogens with one attached hydrogen (secondary N) is 3. The lowest BCUT2D eigenvalue weighted by Crippen LogP contribution is -2.43. The number of thiazole rings is 1. The zero-order valence-electron chi connectivity index (χ0n) is 16.4. The monoisotopic (exact) mass is 409 g/mol. The maximum Gasteiger partial charge on any atom is 0.228 e. The van der Waals surface area contributed by atoms with Crippen molar-refractivity contribution in [1.29, 1.82) is 5.26 Å². The fourth-order valence-corrected chi connectivity index (χ4v) is 3.73. The molecule has 29 heavy (non-hydrogen) atoms. The molecule has 0 unspecified atom stereocenters. The molecule has 3 heterocycles. The smallest absolute Gasteiger partial charge is 0.228 e. The average Bonchev–Trinajstić information content (AvgIpc) is 3.14. The molecule has 1 aliphatic rings. The number of aryl methyl sites for hydroxylation is 1. The molecule has 1 saturated heterocycles.